The fourth-order valence-corrected chi connectivity index (χ4v) is 9.33. The topological polar surface area (TPSA) is 52.7 Å². The number of ketones is 1. The number of anilines is 1. The number of carbonyl (C=O) groups excluding carboxylic acids is 2. The van der Waals surface area contributed by atoms with Crippen molar-refractivity contribution in [1.82, 2.24) is 9.80 Å². The Morgan fingerprint density at radius 2 is 1.70 bits per heavy atom. The Morgan fingerprint density at radius 3 is 2.42 bits per heavy atom. The van der Waals surface area contributed by atoms with Crippen molar-refractivity contribution in [2.45, 2.75) is 31.3 Å². The lowest BCUT2D eigenvalue weighted by atomic mass is 9.55. The number of Topliss-reactive ketones (excluding diaryl/α,β-unsaturated/α-hetero) is 1. The zero-order valence-electron chi connectivity index (χ0n) is 22.9. The quantitative estimate of drug-likeness (QED) is 0.392. The second-order valence-corrected chi connectivity index (χ2v) is 13.3. The van der Waals surface area contributed by atoms with E-state index in [0.29, 0.717) is 24.0 Å². The zero-order valence-corrected chi connectivity index (χ0v) is 24.5. The van der Waals surface area contributed by atoms with Crippen molar-refractivity contribution in [1.29, 1.82) is 0 Å². The monoisotopic (exact) mass is 569 g/mol. The van der Waals surface area contributed by atoms with E-state index < -0.39 is 11.0 Å². The summed E-state index contributed by atoms with van der Waals surface area (Å²) < 4.78 is 0. The van der Waals surface area contributed by atoms with Gasteiger partial charge < -0.3 is 10.2 Å². The van der Waals surface area contributed by atoms with Crippen LogP contribution in [0.1, 0.15) is 33.7 Å². The average molecular weight is 570 g/mol. The fraction of sp³-hybridized carbons (Fsp3) is 0.333. The first-order chi connectivity index (χ1) is 19.3. The smallest absolute Gasteiger partial charge is 0.250 e. The minimum Gasteiger partial charge on any atom is -0.324 e. The number of nitrogens with zero attached hydrogens (tertiary/aromatic N) is 2. The minimum absolute atomic E-state index is 0.0273. The van der Waals surface area contributed by atoms with Crippen molar-refractivity contribution >= 4 is 46.8 Å². The lowest BCUT2D eigenvalue weighted by Crippen LogP contribution is -2.65. The van der Waals surface area contributed by atoms with E-state index in [0.717, 1.165) is 33.7 Å². The molecule has 7 heteroatoms. The summed E-state index contributed by atoms with van der Waals surface area (Å²) in [6.45, 7) is 5.16. The number of likely N-dealkylation sites (N-methyl/N-ethyl adjacent to an activating group) is 1. The van der Waals surface area contributed by atoms with Crippen LogP contribution in [0.4, 0.5) is 5.69 Å². The Labute approximate surface area is 244 Å². The van der Waals surface area contributed by atoms with Crippen molar-refractivity contribution in [3.05, 3.63) is 105 Å². The third-order valence-electron chi connectivity index (χ3n) is 9.37. The predicted molar refractivity (Wildman–Crippen MR) is 163 cm³/mol. The van der Waals surface area contributed by atoms with E-state index in [9.17, 15) is 4.79 Å². The van der Waals surface area contributed by atoms with Crippen LogP contribution in [-0.4, -0.2) is 59.3 Å². The number of carbonyl (C=O) groups is 2. The maximum absolute atomic E-state index is 15.3. The van der Waals surface area contributed by atoms with Gasteiger partial charge in [0.25, 0.3) is 5.91 Å². The van der Waals surface area contributed by atoms with E-state index in [2.05, 4.69) is 84.5 Å². The first-order valence-corrected chi connectivity index (χ1v) is 15.3. The summed E-state index contributed by atoms with van der Waals surface area (Å²) in [5.74, 6) is 1.32. The van der Waals surface area contributed by atoms with Crippen LogP contribution in [-0.2, 0) is 15.1 Å². The van der Waals surface area contributed by atoms with Crippen LogP contribution in [0.25, 0.3) is 6.08 Å². The molecule has 1 N–H and O–H groups in total. The highest BCUT2D eigenvalue weighted by atomic mass is 35.5. The zero-order chi connectivity index (χ0) is 27.8. The molecule has 4 aliphatic rings. The van der Waals surface area contributed by atoms with Gasteiger partial charge in [-0.05, 0) is 56.3 Å². The van der Waals surface area contributed by atoms with Gasteiger partial charge in [0.05, 0.1) is 5.41 Å². The number of likely N-dealkylation sites (tertiary alicyclic amines) is 1. The highest BCUT2D eigenvalue weighted by molar-refractivity contribution is 7.99. The summed E-state index contributed by atoms with van der Waals surface area (Å²) in [5, 5.41) is 3.76. The summed E-state index contributed by atoms with van der Waals surface area (Å²) in [6.07, 6.45) is 2.03. The highest BCUT2D eigenvalue weighted by Crippen LogP contribution is 2.68. The number of hydrogen-bond donors (Lipinski definition) is 1. The number of fused-ring (bicyclic) bond motifs is 5. The van der Waals surface area contributed by atoms with Crippen LogP contribution >= 0.6 is 23.4 Å². The third kappa shape index (κ3) is 3.49. The van der Waals surface area contributed by atoms with Gasteiger partial charge in [-0.25, -0.2) is 0 Å². The van der Waals surface area contributed by atoms with E-state index >= 15 is 4.79 Å². The number of halogens is 1. The molecule has 0 aromatic heterocycles. The Balaban J connectivity index is 1.53. The van der Waals surface area contributed by atoms with Crippen LogP contribution in [0.5, 0.6) is 0 Å². The molecule has 3 saturated heterocycles. The highest BCUT2D eigenvalue weighted by Gasteiger charge is 2.78. The number of nitrogens with one attached hydrogen (secondary N) is 1. The molecule has 204 valence electrons. The second kappa shape index (κ2) is 9.31. The molecule has 4 heterocycles. The van der Waals surface area contributed by atoms with Gasteiger partial charge in [0.2, 0.25) is 0 Å². The van der Waals surface area contributed by atoms with E-state index in [4.69, 9.17) is 11.6 Å². The third-order valence-corrected chi connectivity index (χ3v) is 10.6. The van der Waals surface area contributed by atoms with Gasteiger partial charge in [-0.15, -0.1) is 11.8 Å². The van der Waals surface area contributed by atoms with Crippen LogP contribution in [0.15, 0.2) is 72.3 Å². The molecule has 3 aromatic carbocycles. The van der Waals surface area contributed by atoms with Crippen molar-refractivity contribution in [3.8, 4) is 0 Å². The molecule has 0 aliphatic carbocycles. The van der Waals surface area contributed by atoms with Crippen LogP contribution in [0.3, 0.4) is 0 Å². The van der Waals surface area contributed by atoms with Gasteiger partial charge in [0.1, 0.15) is 5.54 Å². The number of hydrogen-bond acceptors (Lipinski definition) is 5. The molecule has 0 unspecified atom stereocenters. The maximum atomic E-state index is 15.3. The normalized spacial score (nSPS) is 30.9. The molecule has 2 spiro atoms. The first kappa shape index (κ1) is 26.0. The number of amides is 1. The molecular formula is C33H32ClN3O2S. The molecule has 40 heavy (non-hydrogen) atoms. The molecular weight excluding hydrogens is 538 g/mol. The molecule has 5 nitrogen and oxygen atoms in total. The summed E-state index contributed by atoms with van der Waals surface area (Å²) in [7, 11) is 2.07. The van der Waals surface area contributed by atoms with Crippen molar-refractivity contribution in [3.63, 3.8) is 0 Å². The van der Waals surface area contributed by atoms with Gasteiger partial charge >= 0.3 is 0 Å². The van der Waals surface area contributed by atoms with Crippen molar-refractivity contribution < 1.29 is 9.59 Å². The van der Waals surface area contributed by atoms with Gasteiger partial charge in [-0.1, -0.05) is 71.3 Å². The molecule has 0 radical (unpaired) electrons. The summed E-state index contributed by atoms with van der Waals surface area (Å²) in [4.78, 5) is 34.4. The van der Waals surface area contributed by atoms with E-state index in [1.807, 2.05) is 36.0 Å². The molecule has 3 aromatic rings. The summed E-state index contributed by atoms with van der Waals surface area (Å²) >= 11 is 8.45. The van der Waals surface area contributed by atoms with Crippen LogP contribution in [0.2, 0.25) is 5.02 Å². The summed E-state index contributed by atoms with van der Waals surface area (Å²) in [5.41, 5.74) is 4.55. The lowest BCUT2D eigenvalue weighted by molar-refractivity contribution is -0.146. The van der Waals surface area contributed by atoms with Crippen molar-refractivity contribution in [2.75, 3.05) is 37.1 Å². The van der Waals surface area contributed by atoms with Gasteiger partial charge in [-0.3, -0.25) is 14.5 Å². The van der Waals surface area contributed by atoms with Crippen LogP contribution < -0.4 is 5.32 Å². The largest absolute Gasteiger partial charge is 0.324 e. The van der Waals surface area contributed by atoms with Gasteiger partial charge in [-0.2, -0.15) is 0 Å². The standard InChI is InChI=1S/C33H32ClN3O2S/c1-20-4-8-22(9-5-20)14-24-16-36(3)18-32(30(24)38)29(23-10-6-21(2)7-11-23)28-17-40-19-37(28)33(32)26-15-25(34)12-13-27(26)35-31(33)39/h4-15,28-29H,16-19H2,1-3H3,(H,35,39)/b24-14+/t28-,29+,32-,33-/m0/s1. The Kier molecular flexibility index (Phi) is 6.06. The number of benzene rings is 3. The molecule has 4 aliphatic heterocycles. The lowest BCUT2D eigenvalue weighted by Gasteiger charge is -2.51. The molecule has 4 atom stereocenters. The van der Waals surface area contributed by atoms with E-state index in [1.54, 1.807) is 0 Å². The Morgan fingerprint density at radius 1 is 1.00 bits per heavy atom. The Bertz CT molecular complexity index is 1570. The number of rotatable bonds is 2. The van der Waals surface area contributed by atoms with E-state index in [1.165, 1.54) is 11.1 Å². The first-order valence-electron chi connectivity index (χ1n) is 13.8. The maximum Gasteiger partial charge on any atom is 0.250 e. The van der Waals surface area contributed by atoms with Crippen molar-refractivity contribution in [2.24, 2.45) is 5.41 Å². The molecule has 7 rings (SSSR count). The molecule has 1 amide bonds. The van der Waals surface area contributed by atoms with Gasteiger partial charge in [0.15, 0.2) is 5.78 Å². The number of piperidine rings is 1. The van der Waals surface area contributed by atoms with E-state index in [-0.39, 0.29) is 23.7 Å². The van der Waals surface area contributed by atoms with Gasteiger partial charge in [0, 0.05) is 58.5 Å². The molecule has 3 fully saturated rings. The Hall–Kier alpha value is -2.90. The molecule has 0 bridgehead atoms. The number of thioether (sulfide) groups is 1. The predicted octanol–water partition coefficient (Wildman–Crippen LogP) is 5.86. The average Bonchev–Trinajstić information content (AvgIpc) is 3.57. The fourth-order valence-electron chi connectivity index (χ4n) is 7.85. The molecule has 0 saturated carbocycles. The van der Waals surface area contributed by atoms with Crippen LogP contribution in [0, 0.1) is 19.3 Å². The second-order valence-electron chi connectivity index (χ2n) is 11.8. The number of aryl methyl sites for hydroxylation is 2. The SMILES string of the molecule is Cc1ccc(/C=C2\CN(C)C[C@@]3(C2=O)[C@H](c2ccc(C)cc2)[C@@H]2CSCN2[C@@]32C(=O)Nc3ccc(Cl)cc32)cc1. The minimum atomic E-state index is -1.17. The summed E-state index contributed by atoms with van der Waals surface area (Å²) in [6, 6.07) is 22.5.